The molecule has 1 amide bonds. The molecule has 0 bridgehead atoms. The van der Waals surface area contributed by atoms with E-state index < -0.39 is 0 Å². The molecule has 96 valence electrons. The molecule has 1 fully saturated rings. The lowest BCUT2D eigenvalue weighted by Gasteiger charge is -2.29. The van der Waals surface area contributed by atoms with Gasteiger partial charge in [0.1, 0.15) is 5.82 Å². The van der Waals surface area contributed by atoms with Gasteiger partial charge in [0.25, 0.3) is 0 Å². The van der Waals surface area contributed by atoms with Crippen LogP contribution in [0.4, 0.5) is 10.1 Å². The molecule has 3 nitrogen and oxygen atoms in total. The van der Waals surface area contributed by atoms with Gasteiger partial charge in [-0.25, -0.2) is 4.39 Å². The molecule has 1 saturated carbocycles. The summed E-state index contributed by atoms with van der Waals surface area (Å²) in [6, 6.07) is 5.37. The number of anilines is 1. The number of hydrogen-bond donors (Lipinski definition) is 1. The van der Waals surface area contributed by atoms with Gasteiger partial charge in [0.05, 0.1) is 0 Å². The van der Waals surface area contributed by atoms with Gasteiger partial charge in [0.2, 0.25) is 5.91 Å². The van der Waals surface area contributed by atoms with E-state index in [1.54, 1.807) is 11.0 Å². The van der Waals surface area contributed by atoms with Crippen LogP contribution in [-0.2, 0) is 11.2 Å². The minimum Gasteiger partial charge on any atom is -0.312 e. The maximum Gasteiger partial charge on any atom is 0.227 e. The van der Waals surface area contributed by atoms with Crippen molar-refractivity contribution >= 4 is 11.6 Å². The van der Waals surface area contributed by atoms with E-state index in [2.05, 4.69) is 5.32 Å². The van der Waals surface area contributed by atoms with Gasteiger partial charge in [-0.15, -0.1) is 0 Å². The summed E-state index contributed by atoms with van der Waals surface area (Å²) in [7, 11) is 0. The number of fused-ring (bicyclic) bond motifs is 1. The van der Waals surface area contributed by atoms with Crippen LogP contribution in [0.15, 0.2) is 18.2 Å². The van der Waals surface area contributed by atoms with E-state index in [4.69, 9.17) is 0 Å². The van der Waals surface area contributed by atoms with Gasteiger partial charge in [0.15, 0.2) is 0 Å². The number of halogens is 1. The molecule has 2 aliphatic rings. The summed E-state index contributed by atoms with van der Waals surface area (Å²) < 4.78 is 13.3. The van der Waals surface area contributed by atoms with E-state index >= 15 is 0 Å². The van der Waals surface area contributed by atoms with Gasteiger partial charge in [0, 0.05) is 31.2 Å². The van der Waals surface area contributed by atoms with Gasteiger partial charge in [-0.2, -0.15) is 0 Å². The standard InChI is InChI=1S/C14H17FN2O/c15-11-3-1-10-2-6-14(18)17(13(10)9-11)8-7-16-12-4-5-12/h1,3,9,12,16H,2,4-8H2. The maximum atomic E-state index is 13.3. The zero-order valence-electron chi connectivity index (χ0n) is 10.3. The highest BCUT2D eigenvalue weighted by Crippen LogP contribution is 2.28. The Hall–Kier alpha value is -1.42. The second-order valence-corrected chi connectivity index (χ2v) is 5.05. The summed E-state index contributed by atoms with van der Waals surface area (Å²) in [5.41, 5.74) is 1.83. The minimum atomic E-state index is -0.274. The van der Waals surface area contributed by atoms with Crippen LogP contribution < -0.4 is 10.2 Å². The van der Waals surface area contributed by atoms with Crippen LogP contribution >= 0.6 is 0 Å². The van der Waals surface area contributed by atoms with Crippen LogP contribution in [0.3, 0.4) is 0 Å². The van der Waals surface area contributed by atoms with E-state index in [1.165, 1.54) is 25.0 Å². The first-order valence-corrected chi connectivity index (χ1v) is 6.56. The molecule has 0 aromatic heterocycles. The largest absolute Gasteiger partial charge is 0.312 e. The lowest BCUT2D eigenvalue weighted by atomic mass is 10.0. The number of carbonyl (C=O) groups is 1. The van der Waals surface area contributed by atoms with Crippen molar-refractivity contribution in [2.24, 2.45) is 0 Å². The third kappa shape index (κ3) is 2.38. The molecule has 1 heterocycles. The molecule has 0 atom stereocenters. The van der Waals surface area contributed by atoms with E-state index in [0.717, 1.165) is 24.2 Å². The molecule has 4 heteroatoms. The monoisotopic (exact) mass is 248 g/mol. The van der Waals surface area contributed by atoms with E-state index in [9.17, 15) is 9.18 Å². The lowest BCUT2D eigenvalue weighted by Crippen LogP contribution is -2.40. The fourth-order valence-corrected chi connectivity index (χ4v) is 2.42. The van der Waals surface area contributed by atoms with Gasteiger partial charge < -0.3 is 10.2 Å². The average molecular weight is 248 g/mol. The van der Waals surface area contributed by atoms with Crippen LogP contribution in [0, 0.1) is 5.82 Å². The number of carbonyl (C=O) groups excluding carboxylic acids is 1. The molecule has 1 N–H and O–H groups in total. The molecule has 1 aliphatic heterocycles. The highest BCUT2D eigenvalue weighted by Gasteiger charge is 2.25. The molecule has 0 unspecified atom stereocenters. The second kappa shape index (κ2) is 4.69. The minimum absolute atomic E-state index is 0.102. The summed E-state index contributed by atoms with van der Waals surface area (Å²) in [5, 5.41) is 3.38. The summed E-state index contributed by atoms with van der Waals surface area (Å²) in [5.74, 6) is -0.172. The summed E-state index contributed by atoms with van der Waals surface area (Å²) >= 11 is 0. The number of hydrogen-bond acceptors (Lipinski definition) is 2. The van der Waals surface area contributed by atoms with E-state index in [1.807, 2.05) is 0 Å². The Labute approximate surface area is 106 Å². The number of nitrogens with one attached hydrogen (secondary N) is 1. The van der Waals surface area contributed by atoms with Crippen LogP contribution in [0.1, 0.15) is 24.8 Å². The lowest BCUT2D eigenvalue weighted by molar-refractivity contribution is -0.118. The first-order valence-electron chi connectivity index (χ1n) is 6.56. The van der Waals surface area contributed by atoms with Crippen molar-refractivity contribution in [2.45, 2.75) is 31.7 Å². The SMILES string of the molecule is O=C1CCc2ccc(F)cc2N1CCNC1CC1. The topological polar surface area (TPSA) is 32.3 Å². The molecular weight excluding hydrogens is 231 g/mol. The number of nitrogens with zero attached hydrogens (tertiary/aromatic N) is 1. The summed E-state index contributed by atoms with van der Waals surface area (Å²) in [6.07, 6.45) is 3.72. The smallest absolute Gasteiger partial charge is 0.227 e. The molecule has 0 spiro atoms. The zero-order valence-corrected chi connectivity index (χ0v) is 10.3. The summed E-state index contributed by atoms with van der Waals surface area (Å²) in [4.78, 5) is 13.7. The van der Waals surface area contributed by atoms with Crippen LogP contribution in [-0.4, -0.2) is 25.0 Å². The molecule has 18 heavy (non-hydrogen) atoms. The molecule has 0 saturated heterocycles. The molecule has 1 aromatic carbocycles. The first kappa shape index (κ1) is 11.7. The van der Waals surface area contributed by atoms with Gasteiger partial charge >= 0.3 is 0 Å². The van der Waals surface area contributed by atoms with Crippen LogP contribution in [0.25, 0.3) is 0 Å². The van der Waals surface area contributed by atoms with Crippen molar-refractivity contribution in [3.63, 3.8) is 0 Å². The van der Waals surface area contributed by atoms with Crippen LogP contribution in [0.2, 0.25) is 0 Å². The Morgan fingerprint density at radius 1 is 1.33 bits per heavy atom. The van der Waals surface area contributed by atoms with Crippen LogP contribution in [0.5, 0.6) is 0 Å². The second-order valence-electron chi connectivity index (χ2n) is 5.05. The number of benzene rings is 1. The Morgan fingerprint density at radius 3 is 2.94 bits per heavy atom. The van der Waals surface area contributed by atoms with Crippen molar-refractivity contribution in [2.75, 3.05) is 18.0 Å². The number of amides is 1. The highest BCUT2D eigenvalue weighted by atomic mass is 19.1. The van der Waals surface area contributed by atoms with Gasteiger partial charge in [-0.1, -0.05) is 6.07 Å². The van der Waals surface area contributed by atoms with E-state index in [0.29, 0.717) is 19.0 Å². The van der Waals surface area contributed by atoms with Gasteiger partial charge in [-0.05, 0) is 37.0 Å². The number of rotatable bonds is 4. The first-order chi connectivity index (χ1) is 8.74. The fraction of sp³-hybridized carbons (Fsp3) is 0.500. The molecule has 1 aliphatic carbocycles. The quantitative estimate of drug-likeness (QED) is 0.882. The predicted molar refractivity (Wildman–Crippen MR) is 68.1 cm³/mol. The van der Waals surface area contributed by atoms with Crippen molar-refractivity contribution in [3.05, 3.63) is 29.6 Å². The average Bonchev–Trinajstić information content (AvgIpc) is 3.16. The highest BCUT2D eigenvalue weighted by molar-refractivity contribution is 5.96. The summed E-state index contributed by atoms with van der Waals surface area (Å²) in [6.45, 7) is 1.41. The van der Waals surface area contributed by atoms with Crippen molar-refractivity contribution in [3.8, 4) is 0 Å². The zero-order chi connectivity index (χ0) is 12.5. The molecule has 0 radical (unpaired) electrons. The third-order valence-corrected chi connectivity index (χ3v) is 3.59. The predicted octanol–water partition coefficient (Wildman–Crippen LogP) is 1.86. The van der Waals surface area contributed by atoms with E-state index in [-0.39, 0.29) is 11.7 Å². The maximum absolute atomic E-state index is 13.3. The van der Waals surface area contributed by atoms with Crippen molar-refractivity contribution < 1.29 is 9.18 Å². The third-order valence-electron chi connectivity index (χ3n) is 3.59. The Balaban J connectivity index is 1.74. The Bertz CT molecular complexity index is 471. The Morgan fingerprint density at radius 2 is 2.17 bits per heavy atom. The number of aryl methyl sites for hydroxylation is 1. The Kier molecular flexibility index (Phi) is 3.04. The van der Waals surface area contributed by atoms with Gasteiger partial charge in [-0.3, -0.25) is 4.79 Å². The van der Waals surface area contributed by atoms with Crippen molar-refractivity contribution in [1.82, 2.24) is 5.32 Å². The molecule has 1 aromatic rings. The molecule has 3 rings (SSSR count). The fourth-order valence-electron chi connectivity index (χ4n) is 2.42. The normalized spacial score (nSPS) is 18.9. The van der Waals surface area contributed by atoms with Crippen molar-refractivity contribution in [1.29, 1.82) is 0 Å². The molecular formula is C14H17FN2O.